The number of carbonyl (C=O) groups excluding carboxylic acids is 1. The van der Waals surface area contributed by atoms with Gasteiger partial charge in [0.25, 0.3) is 0 Å². The van der Waals surface area contributed by atoms with Crippen LogP contribution in [0.15, 0.2) is 18.2 Å². The summed E-state index contributed by atoms with van der Waals surface area (Å²) in [6.07, 6.45) is 0.847. The van der Waals surface area contributed by atoms with Crippen LogP contribution in [-0.2, 0) is 9.53 Å². The van der Waals surface area contributed by atoms with Gasteiger partial charge in [0.15, 0.2) is 0 Å². The van der Waals surface area contributed by atoms with Gasteiger partial charge in [-0.25, -0.2) is 0 Å². The van der Waals surface area contributed by atoms with Crippen molar-refractivity contribution in [3.63, 3.8) is 0 Å². The van der Waals surface area contributed by atoms with E-state index in [2.05, 4.69) is 32.0 Å². The Bertz CT molecular complexity index is 416. The summed E-state index contributed by atoms with van der Waals surface area (Å²) < 4.78 is 5.31. The van der Waals surface area contributed by atoms with Crippen LogP contribution in [0, 0.1) is 19.8 Å². The number of carbonyl (C=O) groups is 1. The van der Waals surface area contributed by atoms with E-state index in [9.17, 15) is 4.79 Å². The van der Waals surface area contributed by atoms with E-state index in [0.29, 0.717) is 19.8 Å². The second kappa shape index (κ2) is 5.53. The number of hydrogen-bond acceptors (Lipinski definition) is 2. The summed E-state index contributed by atoms with van der Waals surface area (Å²) in [5, 5.41) is 0. The molecule has 98 valence electrons. The van der Waals surface area contributed by atoms with Crippen LogP contribution in [0.2, 0.25) is 0 Å². The van der Waals surface area contributed by atoms with Crippen LogP contribution in [0.1, 0.15) is 24.5 Å². The molecule has 0 bridgehead atoms. The molecule has 1 atom stereocenters. The van der Waals surface area contributed by atoms with E-state index in [-0.39, 0.29) is 11.8 Å². The van der Waals surface area contributed by atoms with Crippen LogP contribution in [-0.4, -0.2) is 25.7 Å². The number of hydrogen-bond donors (Lipinski definition) is 0. The molecule has 0 aromatic heterocycles. The average Bonchev–Trinajstić information content (AvgIpc) is 2.81. The second-order valence-corrected chi connectivity index (χ2v) is 4.99. The number of rotatable bonds is 3. The monoisotopic (exact) mass is 247 g/mol. The SMILES string of the molecule is CCN(C(=O)C1CCOC1)c1cc(C)cc(C)c1. The minimum atomic E-state index is 0.0331. The molecular weight excluding hydrogens is 226 g/mol. The fourth-order valence-electron chi connectivity index (χ4n) is 2.52. The highest BCUT2D eigenvalue weighted by atomic mass is 16.5. The van der Waals surface area contributed by atoms with Gasteiger partial charge in [-0.3, -0.25) is 4.79 Å². The average molecular weight is 247 g/mol. The Morgan fingerprint density at radius 2 is 2.00 bits per heavy atom. The molecule has 0 aliphatic carbocycles. The van der Waals surface area contributed by atoms with Gasteiger partial charge in [-0.2, -0.15) is 0 Å². The summed E-state index contributed by atoms with van der Waals surface area (Å²) in [5.41, 5.74) is 3.39. The van der Waals surface area contributed by atoms with Crippen LogP contribution < -0.4 is 4.90 Å². The van der Waals surface area contributed by atoms with Gasteiger partial charge >= 0.3 is 0 Å². The van der Waals surface area contributed by atoms with Crippen molar-refractivity contribution >= 4 is 11.6 Å². The molecule has 0 N–H and O–H groups in total. The molecule has 3 nitrogen and oxygen atoms in total. The third kappa shape index (κ3) is 2.72. The number of aryl methyl sites for hydroxylation is 2. The lowest BCUT2D eigenvalue weighted by Gasteiger charge is -2.24. The fraction of sp³-hybridized carbons (Fsp3) is 0.533. The third-order valence-electron chi connectivity index (χ3n) is 3.38. The van der Waals surface area contributed by atoms with E-state index in [0.717, 1.165) is 12.1 Å². The molecule has 1 unspecified atom stereocenters. The highest BCUT2D eigenvalue weighted by molar-refractivity contribution is 5.95. The Morgan fingerprint density at radius 1 is 1.33 bits per heavy atom. The van der Waals surface area contributed by atoms with Crippen molar-refractivity contribution < 1.29 is 9.53 Å². The van der Waals surface area contributed by atoms with Gasteiger partial charge in [-0.15, -0.1) is 0 Å². The molecule has 3 heteroatoms. The minimum absolute atomic E-state index is 0.0331. The minimum Gasteiger partial charge on any atom is -0.381 e. The van der Waals surface area contributed by atoms with Gasteiger partial charge in [0, 0.05) is 18.8 Å². The van der Waals surface area contributed by atoms with Crippen LogP contribution in [0.3, 0.4) is 0 Å². The van der Waals surface area contributed by atoms with Gasteiger partial charge in [0.05, 0.1) is 12.5 Å². The Labute approximate surface area is 109 Å². The van der Waals surface area contributed by atoms with E-state index >= 15 is 0 Å². The van der Waals surface area contributed by atoms with Crippen LogP contribution in [0.5, 0.6) is 0 Å². The lowest BCUT2D eigenvalue weighted by Crippen LogP contribution is -2.36. The van der Waals surface area contributed by atoms with Crippen LogP contribution in [0.4, 0.5) is 5.69 Å². The number of nitrogens with zero attached hydrogens (tertiary/aromatic N) is 1. The predicted molar refractivity (Wildman–Crippen MR) is 72.9 cm³/mol. The number of ether oxygens (including phenoxy) is 1. The molecular formula is C15H21NO2. The summed E-state index contributed by atoms with van der Waals surface area (Å²) in [7, 11) is 0. The number of amides is 1. The zero-order valence-corrected chi connectivity index (χ0v) is 11.4. The molecule has 18 heavy (non-hydrogen) atoms. The van der Waals surface area contributed by atoms with Gasteiger partial charge in [-0.1, -0.05) is 6.07 Å². The first-order valence-electron chi connectivity index (χ1n) is 6.59. The molecule has 0 radical (unpaired) electrons. The molecule has 1 aromatic carbocycles. The predicted octanol–water partition coefficient (Wildman–Crippen LogP) is 2.69. The number of anilines is 1. The summed E-state index contributed by atoms with van der Waals surface area (Å²) in [5.74, 6) is 0.228. The van der Waals surface area contributed by atoms with Gasteiger partial charge in [0.1, 0.15) is 0 Å². The van der Waals surface area contributed by atoms with Crippen molar-refractivity contribution in [1.82, 2.24) is 0 Å². The molecule has 0 spiro atoms. The third-order valence-corrected chi connectivity index (χ3v) is 3.38. The molecule has 1 fully saturated rings. The fourth-order valence-corrected chi connectivity index (χ4v) is 2.52. The quantitative estimate of drug-likeness (QED) is 0.822. The second-order valence-electron chi connectivity index (χ2n) is 4.99. The molecule has 1 heterocycles. The maximum Gasteiger partial charge on any atom is 0.232 e. The number of benzene rings is 1. The molecule has 1 saturated heterocycles. The van der Waals surface area contributed by atoms with E-state index in [1.807, 2.05) is 11.8 Å². The first kappa shape index (κ1) is 13.1. The maximum atomic E-state index is 12.4. The maximum absolute atomic E-state index is 12.4. The van der Waals surface area contributed by atoms with E-state index in [4.69, 9.17) is 4.74 Å². The molecule has 1 amide bonds. The van der Waals surface area contributed by atoms with Crippen molar-refractivity contribution in [2.75, 3.05) is 24.7 Å². The molecule has 2 rings (SSSR count). The zero-order valence-electron chi connectivity index (χ0n) is 11.4. The highest BCUT2D eigenvalue weighted by Crippen LogP contribution is 2.23. The lowest BCUT2D eigenvalue weighted by molar-refractivity contribution is -0.122. The Morgan fingerprint density at radius 3 is 2.50 bits per heavy atom. The zero-order chi connectivity index (χ0) is 13.1. The van der Waals surface area contributed by atoms with Crippen molar-refractivity contribution in [2.45, 2.75) is 27.2 Å². The molecule has 0 saturated carbocycles. The summed E-state index contributed by atoms with van der Waals surface area (Å²) in [6, 6.07) is 6.27. The van der Waals surface area contributed by atoms with E-state index in [1.165, 1.54) is 11.1 Å². The van der Waals surface area contributed by atoms with E-state index in [1.54, 1.807) is 0 Å². The van der Waals surface area contributed by atoms with Gasteiger partial charge in [0.2, 0.25) is 5.91 Å². The Hall–Kier alpha value is -1.35. The first-order valence-corrected chi connectivity index (χ1v) is 6.59. The Balaban J connectivity index is 2.23. The summed E-state index contributed by atoms with van der Waals surface area (Å²) >= 11 is 0. The smallest absolute Gasteiger partial charge is 0.232 e. The van der Waals surface area contributed by atoms with Crippen molar-refractivity contribution in [1.29, 1.82) is 0 Å². The normalized spacial score (nSPS) is 18.9. The van der Waals surface area contributed by atoms with Crippen LogP contribution in [0.25, 0.3) is 0 Å². The van der Waals surface area contributed by atoms with Gasteiger partial charge in [-0.05, 0) is 50.5 Å². The van der Waals surface area contributed by atoms with Crippen molar-refractivity contribution in [3.05, 3.63) is 29.3 Å². The molecule has 1 aromatic rings. The lowest BCUT2D eigenvalue weighted by atomic mass is 10.1. The summed E-state index contributed by atoms with van der Waals surface area (Å²) in [4.78, 5) is 14.3. The highest BCUT2D eigenvalue weighted by Gasteiger charge is 2.28. The van der Waals surface area contributed by atoms with E-state index < -0.39 is 0 Å². The standard InChI is InChI=1S/C15H21NO2/c1-4-16(15(17)13-5-6-18-10-13)14-8-11(2)7-12(3)9-14/h7-9,13H,4-6,10H2,1-3H3. The first-order chi connectivity index (χ1) is 8.61. The molecule has 1 aliphatic heterocycles. The van der Waals surface area contributed by atoms with Crippen molar-refractivity contribution in [2.24, 2.45) is 5.92 Å². The Kier molecular flexibility index (Phi) is 4.02. The topological polar surface area (TPSA) is 29.5 Å². The van der Waals surface area contributed by atoms with Gasteiger partial charge < -0.3 is 9.64 Å². The summed E-state index contributed by atoms with van der Waals surface area (Å²) in [6.45, 7) is 8.13. The largest absolute Gasteiger partial charge is 0.381 e. The van der Waals surface area contributed by atoms with Crippen LogP contribution >= 0.6 is 0 Å². The van der Waals surface area contributed by atoms with Crippen molar-refractivity contribution in [3.8, 4) is 0 Å². The molecule has 1 aliphatic rings.